The van der Waals surface area contributed by atoms with E-state index < -0.39 is 0 Å². The molecule has 0 radical (unpaired) electrons. The molecule has 1 heterocycles. The van der Waals surface area contributed by atoms with Crippen LogP contribution in [-0.4, -0.2) is 23.9 Å². The molecule has 0 saturated heterocycles. The van der Waals surface area contributed by atoms with Gasteiger partial charge in [-0.15, -0.1) is 5.10 Å². The normalized spacial score (nSPS) is 10.1. The summed E-state index contributed by atoms with van der Waals surface area (Å²) < 4.78 is 1.61. The molecule has 2 rings (SSSR count). The fourth-order valence-electron chi connectivity index (χ4n) is 1.82. The van der Waals surface area contributed by atoms with Gasteiger partial charge in [0.25, 0.3) is 0 Å². The fraction of sp³-hybridized carbons (Fsp3) is 0.231. The third kappa shape index (κ3) is 1.78. The van der Waals surface area contributed by atoms with Gasteiger partial charge in [-0.1, -0.05) is 18.2 Å². The zero-order chi connectivity index (χ0) is 13.3. The van der Waals surface area contributed by atoms with Gasteiger partial charge in [-0.3, -0.25) is 0 Å². The Morgan fingerprint density at radius 2 is 2.00 bits per heavy atom. The predicted molar refractivity (Wildman–Crippen MR) is 71.8 cm³/mol. The van der Waals surface area contributed by atoms with E-state index in [0.29, 0.717) is 17.2 Å². The topological polar surface area (TPSA) is 70.9 Å². The summed E-state index contributed by atoms with van der Waals surface area (Å²) in [4.78, 5) is 1.78. The van der Waals surface area contributed by atoms with Crippen LogP contribution in [0.3, 0.4) is 0 Å². The predicted octanol–water partition coefficient (Wildman–Crippen LogP) is 1.70. The zero-order valence-electron chi connectivity index (χ0n) is 10.7. The lowest BCUT2D eigenvalue weighted by Gasteiger charge is -2.08. The third-order valence-electron chi connectivity index (χ3n) is 2.78. The number of aromatic nitrogens is 2. The van der Waals surface area contributed by atoms with Gasteiger partial charge in [0.1, 0.15) is 17.5 Å². The molecule has 92 valence electrons. The molecule has 18 heavy (non-hydrogen) atoms. The van der Waals surface area contributed by atoms with E-state index in [1.54, 1.807) is 9.58 Å². The van der Waals surface area contributed by atoms with Gasteiger partial charge >= 0.3 is 0 Å². The highest BCUT2D eigenvalue weighted by Crippen LogP contribution is 2.26. The molecule has 0 aliphatic carbocycles. The third-order valence-corrected chi connectivity index (χ3v) is 2.78. The van der Waals surface area contributed by atoms with E-state index in [4.69, 9.17) is 11.0 Å². The Bertz CT molecular complexity index is 619. The van der Waals surface area contributed by atoms with Gasteiger partial charge in [0.05, 0.1) is 5.69 Å². The summed E-state index contributed by atoms with van der Waals surface area (Å²) in [7, 11) is 3.68. The number of benzene rings is 1. The number of hydrogen-bond donors (Lipinski definition) is 1. The molecular weight excluding hydrogens is 226 g/mol. The van der Waals surface area contributed by atoms with E-state index in [1.165, 1.54) is 0 Å². The first kappa shape index (κ1) is 12.0. The Morgan fingerprint density at radius 3 is 2.50 bits per heavy atom. The minimum Gasteiger partial charge on any atom is -0.382 e. The van der Waals surface area contributed by atoms with Crippen LogP contribution < -0.4 is 10.6 Å². The van der Waals surface area contributed by atoms with Crippen molar-refractivity contribution in [2.75, 3.05) is 24.7 Å². The highest BCUT2D eigenvalue weighted by Gasteiger charge is 2.18. The molecule has 0 amide bonds. The largest absolute Gasteiger partial charge is 0.382 e. The Kier molecular flexibility index (Phi) is 2.94. The maximum absolute atomic E-state index is 9.17. The van der Waals surface area contributed by atoms with Crippen LogP contribution in [0.2, 0.25) is 0 Å². The molecule has 5 heteroatoms. The lowest BCUT2D eigenvalue weighted by Crippen LogP contribution is -2.11. The number of nitrogens with two attached hydrogens (primary N) is 1. The second kappa shape index (κ2) is 4.41. The number of nitrogens with zero attached hydrogens (tertiary/aromatic N) is 4. The lowest BCUT2D eigenvalue weighted by atomic mass is 10.2. The first-order chi connectivity index (χ1) is 8.56. The average Bonchev–Trinajstić information content (AvgIpc) is 2.67. The second-order valence-corrected chi connectivity index (χ2v) is 4.29. The van der Waals surface area contributed by atoms with Crippen molar-refractivity contribution in [2.45, 2.75) is 6.92 Å². The molecule has 0 aliphatic heterocycles. The number of nitrogen functional groups attached to an aromatic ring is 1. The number of aryl methyl sites for hydroxylation is 1. The number of hydrogen-bond acceptors (Lipinski definition) is 4. The summed E-state index contributed by atoms with van der Waals surface area (Å²) in [5, 5.41) is 13.6. The molecule has 0 saturated carbocycles. The van der Waals surface area contributed by atoms with Gasteiger partial charge in [0.2, 0.25) is 0 Å². The van der Waals surface area contributed by atoms with E-state index in [0.717, 1.165) is 11.3 Å². The summed E-state index contributed by atoms with van der Waals surface area (Å²) in [5.74, 6) is 0.953. The Balaban J connectivity index is 2.68. The number of rotatable bonds is 2. The molecule has 2 N–H and O–H groups in total. The van der Waals surface area contributed by atoms with Crippen molar-refractivity contribution < 1.29 is 0 Å². The number of para-hydroxylation sites is 1. The van der Waals surface area contributed by atoms with E-state index in [9.17, 15) is 0 Å². The van der Waals surface area contributed by atoms with Gasteiger partial charge in [-0.2, -0.15) is 5.26 Å². The highest BCUT2D eigenvalue weighted by atomic mass is 15.4. The molecule has 1 aromatic heterocycles. The standard InChI is InChI=1S/C13H15N5/c1-9-6-4-5-7-11(9)18-12(15)10(8-14)13(16-18)17(2)3/h4-7H,15H2,1-3H3. The molecular formula is C13H15N5. The van der Waals surface area contributed by atoms with Crippen molar-refractivity contribution in [2.24, 2.45) is 0 Å². The summed E-state index contributed by atoms with van der Waals surface area (Å²) in [6.45, 7) is 1.98. The van der Waals surface area contributed by atoms with Crippen LogP contribution in [0.15, 0.2) is 24.3 Å². The Labute approximate surface area is 106 Å². The highest BCUT2D eigenvalue weighted by molar-refractivity contribution is 5.67. The van der Waals surface area contributed by atoms with E-state index in [-0.39, 0.29) is 0 Å². The van der Waals surface area contributed by atoms with Crippen LogP contribution in [0.5, 0.6) is 0 Å². The molecule has 0 aliphatic rings. The number of nitriles is 1. The minimum atomic E-state index is 0.371. The van der Waals surface area contributed by atoms with Crippen molar-refractivity contribution in [3.63, 3.8) is 0 Å². The maximum atomic E-state index is 9.17. The average molecular weight is 241 g/mol. The summed E-state index contributed by atoms with van der Waals surface area (Å²) in [6, 6.07) is 9.90. The molecule has 0 bridgehead atoms. The summed E-state index contributed by atoms with van der Waals surface area (Å²) in [5.41, 5.74) is 8.36. The van der Waals surface area contributed by atoms with Crippen molar-refractivity contribution >= 4 is 11.6 Å². The molecule has 0 fully saturated rings. The van der Waals surface area contributed by atoms with Gasteiger partial charge in [-0.25, -0.2) is 4.68 Å². The van der Waals surface area contributed by atoms with Gasteiger partial charge < -0.3 is 10.6 Å². The van der Waals surface area contributed by atoms with Crippen LogP contribution >= 0.6 is 0 Å². The maximum Gasteiger partial charge on any atom is 0.170 e. The van der Waals surface area contributed by atoms with Gasteiger partial charge in [0, 0.05) is 14.1 Å². The minimum absolute atomic E-state index is 0.371. The first-order valence-electron chi connectivity index (χ1n) is 5.58. The molecule has 0 atom stereocenters. The van der Waals surface area contributed by atoms with Crippen molar-refractivity contribution in [3.05, 3.63) is 35.4 Å². The second-order valence-electron chi connectivity index (χ2n) is 4.29. The van der Waals surface area contributed by atoms with Crippen molar-refractivity contribution in [1.82, 2.24) is 9.78 Å². The smallest absolute Gasteiger partial charge is 0.170 e. The zero-order valence-corrected chi connectivity index (χ0v) is 10.7. The fourth-order valence-corrected chi connectivity index (χ4v) is 1.82. The molecule has 2 aromatic rings. The van der Waals surface area contributed by atoms with Crippen molar-refractivity contribution in [1.29, 1.82) is 5.26 Å². The van der Waals surface area contributed by atoms with Crippen LogP contribution in [0, 0.1) is 18.3 Å². The SMILES string of the molecule is Cc1ccccc1-n1nc(N(C)C)c(C#N)c1N. The molecule has 1 aromatic carbocycles. The van der Waals surface area contributed by atoms with Crippen LogP contribution in [0.1, 0.15) is 11.1 Å². The van der Waals surface area contributed by atoms with E-state index >= 15 is 0 Å². The monoisotopic (exact) mass is 241 g/mol. The van der Waals surface area contributed by atoms with Crippen LogP contribution in [0.25, 0.3) is 5.69 Å². The Morgan fingerprint density at radius 1 is 1.33 bits per heavy atom. The van der Waals surface area contributed by atoms with Crippen LogP contribution in [0.4, 0.5) is 11.6 Å². The molecule has 0 unspecified atom stereocenters. The molecule has 0 spiro atoms. The Hall–Kier alpha value is -2.48. The molecule has 5 nitrogen and oxygen atoms in total. The quantitative estimate of drug-likeness (QED) is 0.868. The van der Waals surface area contributed by atoms with E-state index in [2.05, 4.69) is 11.2 Å². The first-order valence-corrected chi connectivity index (χ1v) is 5.58. The summed E-state index contributed by atoms with van der Waals surface area (Å²) >= 11 is 0. The lowest BCUT2D eigenvalue weighted by molar-refractivity contribution is 0.868. The van der Waals surface area contributed by atoms with Crippen LogP contribution in [-0.2, 0) is 0 Å². The van der Waals surface area contributed by atoms with Gasteiger partial charge in [-0.05, 0) is 18.6 Å². The number of anilines is 2. The van der Waals surface area contributed by atoms with E-state index in [1.807, 2.05) is 45.3 Å². The summed E-state index contributed by atoms with van der Waals surface area (Å²) in [6.07, 6.45) is 0. The van der Waals surface area contributed by atoms with Gasteiger partial charge in [0.15, 0.2) is 5.82 Å². The van der Waals surface area contributed by atoms with Crippen molar-refractivity contribution in [3.8, 4) is 11.8 Å².